The largest absolute Gasteiger partial charge is 0.454 e. The number of sulfone groups is 1. The van der Waals surface area contributed by atoms with E-state index >= 15 is 0 Å². The Labute approximate surface area is 150 Å². The molecule has 1 heterocycles. The van der Waals surface area contributed by atoms with Crippen molar-refractivity contribution < 1.29 is 26.7 Å². The number of hydrogen-bond donors (Lipinski definition) is 0. The van der Waals surface area contributed by atoms with Crippen LogP contribution in [0.4, 0.5) is 8.78 Å². The van der Waals surface area contributed by atoms with E-state index in [0.29, 0.717) is 23.1 Å². The lowest BCUT2D eigenvalue weighted by Gasteiger charge is -2.13. The number of esters is 1. The summed E-state index contributed by atoms with van der Waals surface area (Å²) >= 11 is 0. The van der Waals surface area contributed by atoms with Gasteiger partial charge in [-0.15, -0.1) is 0 Å². The predicted molar refractivity (Wildman–Crippen MR) is 92.9 cm³/mol. The van der Waals surface area contributed by atoms with Gasteiger partial charge in [0, 0.05) is 11.8 Å². The average molecular weight is 378 g/mol. The van der Waals surface area contributed by atoms with Gasteiger partial charge in [-0.3, -0.25) is 0 Å². The van der Waals surface area contributed by atoms with Gasteiger partial charge >= 0.3 is 5.97 Å². The van der Waals surface area contributed by atoms with Crippen LogP contribution in [0.5, 0.6) is 0 Å². The van der Waals surface area contributed by atoms with E-state index in [1.54, 1.807) is 0 Å². The van der Waals surface area contributed by atoms with Crippen molar-refractivity contribution in [3.8, 4) is 0 Å². The molecule has 0 aromatic heterocycles. The summed E-state index contributed by atoms with van der Waals surface area (Å²) in [7, 11) is -3.71. The van der Waals surface area contributed by atoms with Gasteiger partial charge < -0.3 is 4.74 Å². The molecule has 0 amide bonds. The second-order valence-electron chi connectivity index (χ2n) is 6.02. The van der Waals surface area contributed by atoms with Crippen molar-refractivity contribution in [2.24, 2.45) is 0 Å². The first-order chi connectivity index (χ1) is 12.2. The number of carbonyl (C=O) groups excluding carboxylic acids is 1. The molecule has 7 heteroatoms. The monoisotopic (exact) mass is 378 g/mol. The molecule has 3 rings (SSSR count). The van der Waals surface area contributed by atoms with Crippen LogP contribution in [0.2, 0.25) is 0 Å². The Morgan fingerprint density at radius 3 is 2.19 bits per heavy atom. The number of cyclic esters (lactones) is 1. The SMILES string of the molecule is CCC1OC(=O)C(c2ccc(F)cc2)=C1c1ccc(S(C)(=O)=O)c(F)c1. The molecule has 2 aromatic carbocycles. The minimum Gasteiger partial charge on any atom is -0.454 e. The molecule has 0 N–H and O–H groups in total. The van der Waals surface area contributed by atoms with E-state index in [9.17, 15) is 22.0 Å². The van der Waals surface area contributed by atoms with E-state index in [1.165, 1.54) is 36.4 Å². The summed E-state index contributed by atoms with van der Waals surface area (Å²) in [6.07, 6.45) is 0.790. The molecule has 0 fully saturated rings. The normalized spacial score (nSPS) is 17.5. The molecule has 4 nitrogen and oxygen atoms in total. The first-order valence-corrected chi connectivity index (χ1v) is 9.82. The van der Waals surface area contributed by atoms with Gasteiger partial charge in [0.2, 0.25) is 0 Å². The molecule has 1 unspecified atom stereocenters. The number of rotatable bonds is 4. The molecule has 0 saturated heterocycles. The zero-order valence-corrected chi connectivity index (χ0v) is 14.9. The van der Waals surface area contributed by atoms with Crippen molar-refractivity contribution in [2.45, 2.75) is 24.3 Å². The van der Waals surface area contributed by atoms with Crippen LogP contribution in [0.25, 0.3) is 11.1 Å². The van der Waals surface area contributed by atoms with Gasteiger partial charge in [0.25, 0.3) is 0 Å². The van der Waals surface area contributed by atoms with Crippen LogP contribution >= 0.6 is 0 Å². The Kier molecular flexibility index (Phi) is 4.66. The van der Waals surface area contributed by atoms with Gasteiger partial charge in [-0.1, -0.05) is 25.1 Å². The Hall–Kier alpha value is -2.54. The van der Waals surface area contributed by atoms with Crippen LogP contribution in [0.3, 0.4) is 0 Å². The van der Waals surface area contributed by atoms with Crippen LogP contribution in [0.15, 0.2) is 47.4 Å². The Bertz CT molecular complexity index is 1010. The van der Waals surface area contributed by atoms with E-state index < -0.39 is 38.4 Å². The molecule has 0 saturated carbocycles. The van der Waals surface area contributed by atoms with E-state index in [-0.39, 0.29) is 5.57 Å². The third-order valence-electron chi connectivity index (χ3n) is 4.19. The topological polar surface area (TPSA) is 60.4 Å². The van der Waals surface area contributed by atoms with Crippen molar-refractivity contribution in [1.29, 1.82) is 0 Å². The maximum Gasteiger partial charge on any atom is 0.339 e. The minimum atomic E-state index is -3.71. The number of ether oxygens (including phenoxy) is 1. The Balaban J connectivity index is 2.21. The predicted octanol–water partition coefficient (Wildman–Crippen LogP) is 3.61. The fourth-order valence-corrected chi connectivity index (χ4v) is 3.72. The Morgan fingerprint density at radius 1 is 1.04 bits per heavy atom. The quantitative estimate of drug-likeness (QED) is 0.763. The van der Waals surface area contributed by atoms with Crippen LogP contribution < -0.4 is 0 Å². The highest BCUT2D eigenvalue weighted by Crippen LogP contribution is 2.39. The molecule has 0 spiro atoms. The molecule has 1 aliphatic heterocycles. The summed E-state index contributed by atoms with van der Waals surface area (Å²) in [5.74, 6) is -1.92. The van der Waals surface area contributed by atoms with Crippen LogP contribution in [0.1, 0.15) is 24.5 Å². The van der Waals surface area contributed by atoms with Crippen molar-refractivity contribution in [3.63, 3.8) is 0 Å². The number of hydrogen-bond acceptors (Lipinski definition) is 4. The lowest BCUT2D eigenvalue weighted by molar-refractivity contribution is -0.137. The summed E-state index contributed by atoms with van der Waals surface area (Å²) in [5, 5.41) is 0. The zero-order chi connectivity index (χ0) is 19.1. The molecule has 0 radical (unpaired) electrons. The maximum absolute atomic E-state index is 14.3. The lowest BCUT2D eigenvalue weighted by atomic mass is 9.92. The van der Waals surface area contributed by atoms with Gasteiger partial charge in [-0.05, 0) is 41.8 Å². The fraction of sp³-hybridized carbons (Fsp3) is 0.211. The van der Waals surface area contributed by atoms with Gasteiger partial charge in [0.1, 0.15) is 22.6 Å². The highest BCUT2D eigenvalue weighted by molar-refractivity contribution is 7.90. The molecule has 136 valence electrons. The molecule has 0 aliphatic carbocycles. The number of halogens is 2. The maximum atomic E-state index is 14.3. The molecule has 26 heavy (non-hydrogen) atoms. The van der Waals surface area contributed by atoms with Gasteiger partial charge in [0.15, 0.2) is 9.84 Å². The number of benzene rings is 2. The summed E-state index contributed by atoms with van der Waals surface area (Å²) in [6.45, 7) is 1.81. The van der Waals surface area contributed by atoms with Crippen molar-refractivity contribution in [3.05, 3.63) is 65.2 Å². The van der Waals surface area contributed by atoms with Gasteiger partial charge in [-0.2, -0.15) is 0 Å². The fourth-order valence-electron chi connectivity index (χ4n) is 2.99. The minimum absolute atomic E-state index is 0.225. The zero-order valence-electron chi connectivity index (χ0n) is 14.1. The van der Waals surface area contributed by atoms with E-state index in [2.05, 4.69) is 0 Å². The van der Waals surface area contributed by atoms with E-state index in [0.717, 1.165) is 12.3 Å². The summed E-state index contributed by atoms with van der Waals surface area (Å²) in [4.78, 5) is 11.9. The number of carbonyl (C=O) groups is 1. The van der Waals surface area contributed by atoms with Crippen LogP contribution in [-0.4, -0.2) is 26.7 Å². The smallest absolute Gasteiger partial charge is 0.339 e. The van der Waals surface area contributed by atoms with Crippen molar-refractivity contribution in [2.75, 3.05) is 6.26 Å². The molecule has 2 aromatic rings. The summed E-state index contributed by atoms with van der Waals surface area (Å²) < 4.78 is 56.1. The summed E-state index contributed by atoms with van der Waals surface area (Å²) in [5.41, 5.74) is 1.49. The Morgan fingerprint density at radius 2 is 1.65 bits per heavy atom. The second-order valence-corrected chi connectivity index (χ2v) is 8.00. The lowest BCUT2D eigenvalue weighted by Crippen LogP contribution is -2.10. The van der Waals surface area contributed by atoms with E-state index in [1.807, 2.05) is 6.92 Å². The van der Waals surface area contributed by atoms with Gasteiger partial charge in [0.05, 0.1) is 5.57 Å². The third kappa shape index (κ3) is 3.26. The standard InChI is InChI=1S/C19H16F2O4S/c1-3-15-17(12-6-9-16(14(21)10-12)26(2,23)24)18(19(22)25-15)11-4-7-13(20)8-5-11/h4-10,15H,3H2,1-2H3. The van der Waals surface area contributed by atoms with Crippen LogP contribution in [0, 0.1) is 11.6 Å². The van der Waals surface area contributed by atoms with Crippen LogP contribution in [-0.2, 0) is 19.4 Å². The average Bonchev–Trinajstić information content (AvgIpc) is 2.91. The molecular weight excluding hydrogens is 362 g/mol. The molecule has 1 aliphatic rings. The molecule has 1 atom stereocenters. The first-order valence-electron chi connectivity index (χ1n) is 7.93. The second kappa shape index (κ2) is 6.64. The highest BCUT2D eigenvalue weighted by Gasteiger charge is 2.35. The third-order valence-corrected chi connectivity index (χ3v) is 5.32. The van der Waals surface area contributed by atoms with Crippen molar-refractivity contribution in [1.82, 2.24) is 0 Å². The molecular formula is C19H16F2O4S. The van der Waals surface area contributed by atoms with E-state index in [4.69, 9.17) is 4.74 Å². The van der Waals surface area contributed by atoms with Crippen molar-refractivity contribution >= 4 is 27.0 Å². The molecule has 0 bridgehead atoms. The highest BCUT2D eigenvalue weighted by atomic mass is 32.2. The summed E-state index contributed by atoms with van der Waals surface area (Å²) in [6, 6.07) is 9.05. The first kappa shape index (κ1) is 18.3. The van der Waals surface area contributed by atoms with Gasteiger partial charge in [-0.25, -0.2) is 22.0 Å².